The second kappa shape index (κ2) is 6.22. The van der Waals surface area contributed by atoms with Crippen LogP contribution in [-0.2, 0) is 4.74 Å². The van der Waals surface area contributed by atoms with Gasteiger partial charge in [-0.3, -0.25) is 9.59 Å². The zero-order valence-corrected chi connectivity index (χ0v) is 12.3. The first kappa shape index (κ1) is 14.8. The monoisotopic (exact) mass is 278 g/mol. The molecule has 5 nitrogen and oxygen atoms in total. The summed E-state index contributed by atoms with van der Waals surface area (Å²) in [5.41, 5.74) is 2.58. The minimum absolute atomic E-state index is 0.0188. The van der Waals surface area contributed by atoms with Gasteiger partial charge < -0.3 is 15.0 Å². The molecular formula is C15H22N2O3. The van der Waals surface area contributed by atoms with E-state index in [2.05, 4.69) is 10.3 Å². The summed E-state index contributed by atoms with van der Waals surface area (Å²) in [5.74, 6) is -0.175. The van der Waals surface area contributed by atoms with E-state index < -0.39 is 0 Å². The Kier molecular flexibility index (Phi) is 4.60. The molecule has 0 aromatic carbocycles. The van der Waals surface area contributed by atoms with Crippen molar-refractivity contribution < 1.29 is 14.3 Å². The molecule has 1 aliphatic heterocycles. The highest BCUT2D eigenvalue weighted by atomic mass is 16.5. The van der Waals surface area contributed by atoms with Gasteiger partial charge in [-0.25, -0.2) is 0 Å². The van der Waals surface area contributed by atoms with Crippen LogP contribution in [0.2, 0.25) is 0 Å². The Morgan fingerprint density at radius 1 is 1.40 bits per heavy atom. The van der Waals surface area contributed by atoms with Crippen LogP contribution in [0.5, 0.6) is 0 Å². The van der Waals surface area contributed by atoms with Gasteiger partial charge in [0.15, 0.2) is 5.78 Å². The van der Waals surface area contributed by atoms with E-state index in [0.717, 1.165) is 37.1 Å². The molecule has 20 heavy (non-hydrogen) atoms. The van der Waals surface area contributed by atoms with Crippen LogP contribution in [0, 0.1) is 13.8 Å². The first-order chi connectivity index (χ1) is 9.50. The number of hydrogen-bond donors (Lipinski definition) is 2. The Labute approximate surface area is 119 Å². The number of ketones is 1. The van der Waals surface area contributed by atoms with Gasteiger partial charge in [0.25, 0.3) is 5.91 Å². The highest BCUT2D eigenvalue weighted by Gasteiger charge is 2.20. The fourth-order valence-corrected chi connectivity index (χ4v) is 2.81. The number of carbonyl (C=O) groups is 2. The van der Waals surface area contributed by atoms with Crippen molar-refractivity contribution in [1.29, 1.82) is 0 Å². The van der Waals surface area contributed by atoms with Crippen molar-refractivity contribution >= 4 is 11.7 Å². The quantitative estimate of drug-likeness (QED) is 0.811. The highest BCUT2D eigenvalue weighted by Crippen LogP contribution is 2.18. The molecule has 0 aliphatic carbocycles. The number of H-pyrrole nitrogens is 1. The van der Waals surface area contributed by atoms with Crippen molar-refractivity contribution in [2.45, 2.75) is 46.1 Å². The number of aryl methyl sites for hydroxylation is 1. The van der Waals surface area contributed by atoms with Crippen LogP contribution in [0.4, 0.5) is 0 Å². The van der Waals surface area contributed by atoms with E-state index in [4.69, 9.17) is 4.74 Å². The lowest BCUT2D eigenvalue weighted by Crippen LogP contribution is -2.27. The zero-order chi connectivity index (χ0) is 14.7. The van der Waals surface area contributed by atoms with Gasteiger partial charge in [-0.05, 0) is 45.6 Å². The van der Waals surface area contributed by atoms with Crippen LogP contribution in [0.15, 0.2) is 0 Å². The number of aromatic amines is 1. The van der Waals surface area contributed by atoms with E-state index in [1.54, 1.807) is 6.92 Å². The summed E-state index contributed by atoms with van der Waals surface area (Å²) >= 11 is 0. The number of amides is 1. The maximum atomic E-state index is 12.1. The fraction of sp³-hybridized carbons (Fsp3) is 0.600. The molecule has 2 N–H and O–H groups in total. The molecule has 0 unspecified atom stereocenters. The molecule has 1 aromatic heterocycles. The molecule has 1 amide bonds. The summed E-state index contributed by atoms with van der Waals surface area (Å²) in [4.78, 5) is 26.7. The van der Waals surface area contributed by atoms with E-state index in [1.165, 1.54) is 6.92 Å². The molecular weight excluding hydrogens is 256 g/mol. The summed E-state index contributed by atoms with van der Waals surface area (Å²) in [7, 11) is 0. The number of rotatable bonds is 5. The van der Waals surface area contributed by atoms with Gasteiger partial charge in [-0.2, -0.15) is 0 Å². The SMILES string of the molecule is CC(=O)c1c(C)[nH]c(C(=O)NCC[C@@H]2CCCO2)c1C. The van der Waals surface area contributed by atoms with E-state index in [-0.39, 0.29) is 17.8 Å². The molecule has 1 aromatic rings. The van der Waals surface area contributed by atoms with Crippen LogP contribution >= 0.6 is 0 Å². The molecule has 2 heterocycles. The number of carbonyl (C=O) groups excluding carboxylic acids is 2. The van der Waals surface area contributed by atoms with Crippen molar-refractivity contribution in [1.82, 2.24) is 10.3 Å². The number of ether oxygens (including phenoxy) is 1. The first-order valence-electron chi connectivity index (χ1n) is 7.10. The normalized spacial score (nSPS) is 18.2. The Balaban J connectivity index is 1.95. The average molecular weight is 278 g/mol. The van der Waals surface area contributed by atoms with E-state index >= 15 is 0 Å². The van der Waals surface area contributed by atoms with Gasteiger partial charge in [0.05, 0.1) is 6.10 Å². The molecule has 1 aliphatic rings. The molecule has 0 radical (unpaired) electrons. The molecule has 0 bridgehead atoms. The molecule has 110 valence electrons. The van der Waals surface area contributed by atoms with Crippen molar-refractivity contribution in [3.8, 4) is 0 Å². The summed E-state index contributed by atoms with van der Waals surface area (Å²) in [6, 6.07) is 0. The summed E-state index contributed by atoms with van der Waals surface area (Å²) in [6.45, 7) is 6.55. The topological polar surface area (TPSA) is 71.2 Å². The Hall–Kier alpha value is -1.62. The summed E-state index contributed by atoms with van der Waals surface area (Å²) in [5, 5.41) is 2.88. The van der Waals surface area contributed by atoms with Crippen LogP contribution in [0.1, 0.15) is 58.3 Å². The van der Waals surface area contributed by atoms with Crippen LogP contribution in [0.25, 0.3) is 0 Å². The number of hydrogen-bond acceptors (Lipinski definition) is 3. The molecule has 1 saturated heterocycles. The maximum Gasteiger partial charge on any atom is 0.268 e. The fourth-order valence-electron chi connectivity index (χ4n) is 2.81. The third kappa shape index (κ3) is 3.10. The van der Waals surface area contributed by atoms with Crippen molar-refractivity contribution in [2.24, 2.45) is 0 Å². The molecule has 5 heteroatoms. The molecule has 1 atom stereocenters. The van der Waals surface area contributed by atoms with Crippen molar-refractivity contribution in [3.05, 3.63) is 22.5 Å². The predicted octanol–water partition coefficient (Wildman–Crippen LogP) is 2.13. The summed E-state index contributed by atoms with van der Waals surface area (Å²) in [6.07, 6.45) is 3.29. The van der Waals surface area contributed by atoms with Crippen molar-refractivity contribution in [3.63, 3.8) is 0 Å². The first-order valence-corrected chi connectivity index (χ1v) is 7.10. The second-order valence-electron chi connectivity index (χ2n) is 5.36. The van der Waals surface area contributed by atoms with Gasteiger partial charge in [0, 0.05) is 24.4 Å². The number of Topliss-reactive ketones (excluding diaryl/α,β-unsaturated/α-hetero) is 1. The Morgan fingerprint density at radius 2 is 2.15 bits per heavy atom. The largest absolute Gasteiger partial charge is 0.378 e. The lowest BCUT2D eigenvalue weighted by molar-refractivity contribution is 0.0903. The maximum absolute atomic E-state index is 12.1. The van der Waals surface area contributed by atoms with Gasteiger partial charge >= 0.3 is 0 Å². The predicted molar refractivity (Wildman–Crippen MR) is 76.2 cm³/mol. The zero-order valence-electron chi connectivity index (χ0n) is 12.3. The molecule has 0 saturated carbocycles. The van der Waals surface area contributed by atoms with Gasteiger partial charge in [0.1, 0.15) is 5.69 Å². The summed E-state index contributed by atoms with van der Waals surface area (Å²) < 4.78 is 5.52. The van der Waals surface area contributed by atoms with E-state index in [9.17, 15) is 9.59 Å². The smallest absolute Gasteiger partial charge is 0.268 e. The van der Waals surface area contributed by atoms with Crippen LogP contribution in [0.3, 0.4) is 0 Å². The lowest BCUT2D eigenvalue weighted by atomic mass is 10.1. The standard InChI is InChI=1S/C15H22N2O3/c1-9-13(11(3)18)10(2)17-14(9)15(19)16-7-6-12-5-4-8-20-12/h12,17H,4-8H2,1-3H3,(H,16,19)/t12-/m0/s1. The Morgan fingerprint density at radius 3 is 2.70 bits per heavy atom. The second-order valence-corrected chi connectivity index (χ2v) is 5.36. The van der Waals surface area contributed by atoms with Gasteiger partial charge in [-0.15, -0.1) is 0 Å². The van der Waals surface area contributed by atoms with Crippen LogP contribution in [-0.4, -0.2) is 35.9 Å². The third-order valence-electron chi connectivity index (χ3n) is 3.79. The number of aromatic nitrogens is 1. The average Bonchev–Trinajstić information content (AvgIpc) is 2.97. The minimum atomic E-state index is -0.156. The molecule has 2 rings (SSSR count). The third-order valence-corrected chi connectivity index (χ3v) is 3.79. The lowest BCUT2D eigenvalue weighted by Gasteiger charge is -2.10. The Bertz CT molecular complexity index is 513. The highest BCUT2D eigenvalue weighted by molar-refractivity contribution is 6.02. The molecule has 0 spiro atoms. The van der Waals surface area contributed by atoms with E-state index in [1.807, 2.05) is 6.92 Å². The van der Waals surface area contributed by atoms with Gasteiger partial charge in [-0.1, -0.05) is 0 Å². The minimum Gasteiger partial charge on any atom is -0.378 e. The van der Waals surface area contributed by atoms with Crippen LogP contribution < -0.4 is 5.32 Å². The molecule has 1 fully saturated rings. The van der Waals surface area contributed by atoms with E-state index in [0.29, 0.717) is 17.8 Å². The van der Waals surface area contributed by atoms with Crippen molar-refractivity contribution in [2.75, 3.05) is 13.2 Å². The van der Waals surface area contributed by atoms with Gasteiger partial charge in [0.2, 0.25) is 0 Å². The number of nitrogens with one attached hydrogen (secondary N) is 2.